The quantitative estimate of drug-likeness (QED) is 0.418. The third-order valence-corrected chi connectivity index (χ3v) is 6.78. The van der Waals surface area contributed by atoms with Crippen molar-refractivity contribution in [3.63, 3.8) is 0 Å². The highest BCUT2D eigenvalue weighted by molar-refractivity contribution is 5.97. The number of pyridine rings is 2. The molecule has 2 heterocycles. The third-order valence-electron chi connectivity index (χ3n) is 6.78. The van der Waals surface area contributed by atoms with Gasteiger partial charge >= 0.3 is 0 Å². The molecule has 1 atom stereocenters. The van der Waals surface area contributed by atoms with E-state index in [9.17, 15) is 23.9 Å². The van der Waals surface area contributed by atoms with Gasteiger partial charge in [0.05, 0.1) is 17.4 Å². The maximum Gasteiger partial charge on any atom is 0.275 e. The van der Waals surface area contributed by atoms with Gasteiger partial charge in [0.1, 0.15) is 18.0 Å². The van der Waals surface area contributed by atoms with E-state index in [2.05, 4.69) is 27.5 Å². The van der Waals surface area contributed by atoms with Crippen LogP contribution in [0.1, 0.15) is 60.4 Å². The minimum absolute atomic E-state index is 0.0379. The van der Waals surface area contributed by atoms with Crippen molar-refractivity contribution in [3.05, 3.63) is 68.0 Å². The van der Waals surface area contributed by atoms with Crippen molar-refractivity contribution in [2.24, 2.45) is 5.41 Å². The molecule has 3 aromatic rings. The molecule has 4 rings (SSSR count). The SMILES string of the molecule is CN(C)C(=O)c1nccc(Nc2c(N[C@@H](c3ncccc3CF)C3(C)CCCC3)c(=O)c2=O)c1O. The van der Waals surface area contributed by atoms with Crippen LogP contribution in [0.2, 0.25) is 0 Å². The minimum atomic E-state index is -0.758. The van der Waals surface area contributed by atoms with Gasteiger partial charge in [-0.15, -0.1) is 0 Å². The van der Waals surface area contributed by atoms with E-state index in [-0.39, 0.29) is 28.2 Å². The normalized spacial score (nSPS) is 15.7. The van der Waals surface area contributed by atoms with Gasteiger partial charge in [0, 0.05) is 32.1 Å². The fourth-order valence-corrected chi connectivity index (χ4v) is 4.72. The predicted molar refractivity (Wildman–Crippen MR) is 131 cm³/mol. The number of hydrogen-bond acceptors (Lipinski definition) is 8. The van der Waals surface area contributed by atoms with E-state index in [0.29, 0.717) is 11.3 Å². The zero-order valence-electron chi connectivity index (χ0n) is 19.9. The standard InChI is InChI=1S/C25H28FN5O4/c1-25(9-4-5-10-25)23(16-14(13-26)7-6-11-27-16)30-18-17(21(33)22(18)34)29-15-8-12-28-19(20(15)32)24(35)31(2)3/h6-8,11-12,23,30,32H,4-5,9-10,13H2,1-3H3,(H,28,29)/t23-/m0/s1. The van der Waals surface area contributed by atoms with Crippen LogP contribution < -0.4 is 21.5 Å². The Morgan fingerprint density at radius 2 is 1.83 bits per heavy atom. The van der Waals surface area contributed by atoms with Crippen molar-refractivity contribution >= 4 is 23.0 Å². The molecule has 0 bridgehead atoms. The molecule has 1 aliphatic carbocycles. The van der Waals surface area contributed by atoms with E-state index in [1.54, 1.807) is 18.3 Å². The first-order valence-corrected chi connectivity index (χ1v) is 11.4. The van der Waals surface area contributed by atoms with Gasteiger partial charge in [-0.05, 0) is 30.4 Å². The molecule has 0 saturated heterocycles. The maximum absolute atomic E-state index is 13.8. The molecule has 1 aliphatic rings. The Morgan fingerprint density at radius 3 is 2.49 bits per heavy atom. The molecule has 1 saturated carbocycles. The lowest BCUT2D eigenvalue weighted by Gasteiger charge is -2.36. The predicted octanol–water partition coefficient (Wildman–Crippen LogP) is 3.43. The second-order valence-electron chi connectivity index (χ2n) is 9.41. The number of rotatable bonds is 8. The number of carbonyl (C=O) groups excluding carboxylic acids is 1. The summed E-state index contributed by atoms with van der Waals surface area (Å²) in [4.78, 5) is 47.0. The molecular weight excluding hydrogens is 453 g/mol. The van der Waals surface area contributed by atoms with Crippen LogP contribution in [0.3, 0.4) is 0 Å². The van der Waals surface area contributed by atoms with Gasteiger partial charge in [-0.3, -0.25) is 19.4 Å². The van der Waals surface area contributed by atoms with Gasteiger partial charge in [0.25, 0.3) is 16.8 Å². The number of hydrogen-bond donors (Lipinski definition) is 3. The smallest absolute Gasteiger partial charge is 0.275 e. The van der Waals surface area contributed by atoms with Gasteiger partial charge in [-0.25, -0.2) is 9.37 Å². The average Bonchev–Trinajstić information content (AvgIpc) is 3.30. The fourth-order valence-electron chi connectivity index (χ4n) is 4.72. The lowest BCUT2D eigenvalue weighted by molar-refractivity contribution is 0.0819. The Labute approximate surface area is 201 Å². The van der Waals surface area contributed by atoms with Crippen molar-refractivity contribution in [1.82, 2.24) is 14.9 Å². The van der Waals surface area contributed by atoms with Crippen molar-refractivity contribution in [2.75, 3.05) is 24.7 Å². The number of carbonyl (C=O) groups is 1. The second-order valence-corrected chi connectivity index (χ2v) is 9.41. The van der Waals surface area contributed by atoms with Crippen LogP contribution >= 0.6 is 0 Å². The van der Waals surface area contributed by atoms with Crippen molar-refractivity contribution in [1.29, 1.82) is 0 Å². The number of halogens is 1. The Kier molecular flexibility index (Phi) is 6.56. The molecule has 3 N–H and O–H groups in total. The Balaban J connectivity index is 1.72. The molecule has 1 aromatic carbocycles. The van der Waals surface area contributed by atoms with Gasteiger partial charge < -0.3 is 20.6 Å². The number of aromatic hydroxyl groups is 1. The van der Waals surface area contributed by atoms with Crippen LogP contribution in [0, 0.1) is 5.41 Å². The zero-order valence-corrected chi connectivity index (χ0v) is 19.9. The number of alkyl halides is 1. The summed E-state index contributed by atoms with van der Waals surface area (Å²) in [5.41, 5.74) is -0.976. The number of aromatic nitrogens is 2. The summed E-state index contributed by atoms with van der Waals surface area (Å²) < 4.78 is 13.8. The van der Waals surface area contributed by atoms with Crippen molar-refractivity contribution < 1.29 is 14.3 Å². The maximum atomic E-state index is 13.8. The van der Waals surface area contributed by atoms with E-state index in [4.69, 9.17) is 0 Å². The van der Waals surface area contributed by atoms with E-state index in [1.165, 1.54) is 31.3 Å². The third kappa shape index (κ3) is 4.36. The number of amides is 1. The van der Waals surface area contributed by atoms with Crippen LogP contribution in [0.25, 0.3) is 0 Å². The highest BCUT2D eigenvalue weighted by atomic mass is 19.1. The lowest BCUT2D eigenvalue weighted by Crippen LogP contribution is -2.40. The van der Waals surface area contributed by atoms with Gasteiger partial charge in [-0.2, -0.15) is 0 Å². The summed E-state index contributed by atoms with van der Waals surface area (Å²) in [6.45, 7) is 1.36. The van der Waals surface area contributed by atoms with Crippen LogP contribution in [0.5, 0.6) is 5.75 Å². The minimum Gasteiger partial charge on any atom is -0.504 e. The van der Waals surface area contributed by atoms with Gasteiger partial charge in [0.2, 0.25) is 0 Å². The first-order valence-electron chi connectivity index (χ1n) is 11.4. The highest BCUT2D eigenvalue weighted by Gasteiger charge is 2.41. The largest absolute Gasteiger partial charge is 0.504 e. The molecule has 0 aliphatic heterocycles. The summed E-state index contributed by atoms with van der Waals surface area (Å²) >= 11 is 0. The molecule has 2 aromatic heterocycles. The Bertz CT molecular complexity index is 1330. The fraction of sp³-hybridized carbons (Fsp3) is 0.400. The Morgan fingerprint density at radius 1 is 1.14 bits per heavy atom. The van der Waals surface area contributed by atoms with Crippen molar-refractivity contribution in [2.45, 2.75) is 45.3 Å². The van der Waals surface area contributed by atoms with Crippen LogP contribution in [-0.4, -0.2) is 40.0 Å². The molecule has 35 heavy (non-hydrogen) atoms. The summed E-state index contributed by atoms with van der Waals surface area (Å²) in [6.07, 6.45) is 6.61. The first kappa shape index (κ1) is 24.3. The Hall–Kier alpha value is -3.82. The topological polar surface area (TPSA) is 125 Å². The zero-order chi connectivity index (χ0) is 25.3. The van der Waals surface area contributed by atoms with E-state index >= 15 is 0 Å². The average molecular weight is 482 g/mol. The van der Waals surface area contributed by atoms with E-state index < -0.39 is 35.2 Å². The monoisotopic (exact) mass is 481 g/mol. The van der Waals surface area contributed by atoms with Crippen LogP contribution in [0.15, 0.2) is 40.2 Å². The van der Waals surface area contributed by atoms with E-state index in [1.807, 2.05) is 0 Å². The molecule has 0 radical (unpaired) electrons. The van der Waals surface area contributed by atoms with Crippen LogP contribution in [0.4, 0.5) is 21.5 Å². The molecule has 184 valence electrons. The summed E-state index contributed by atoms with van der Waals surface area (Å²) in [5.74, 6) is -0.952. The lowest BCUT2D eigenvalue weighted by atomic mass is 9.77. The highest BCUT2D eigenvalue weighted by Crippen LogP contribution is 2.49. The van der Waals surface area contributed by atoms with E-state index in [0.717, 1.165) is 25.7 Å². The summed E-state index contributed by atoms with van der Waals surface area (Å²) in [5, 5.41) is 16.6. The summed E-state index contributed by atoms with van der Waals surface area (Å²) in [7, 11) is 3.05. The number of anilines is 3. The first-order chi connectivity index (χ1) is 16.7. The second kappa shape index (κ2) is 9.44. The molecular formula is C25H28FN5O4. The molecule has 9 nitrogen and oxygen atoms in total. The summed E-state index contributed by atoms with van der Waals surface area (Å²) in [6, 6.07) is 4.22. The molecule has 1 fully saturated rings. The number of nitrogens with zero attached hydrogens (tertiary/aromatic N) is 3. The van der Waals surface area contributed by atoms with Crippen LogP contribution in [-0.2, 0) is 6.67 Å². The molecule has 10 heteroatoms. The molecule has 1 amide bonds. The number of nitrogens with one attached hydrogen (secondary N) is 2. The van der Waals surface area contributed by atoms with Crippen molar-refractivity contribution in [3.8, 4) is 5.75 Å². The molecule has 0 unspecified atom stereocenters. The van der Waals surface area contributed by atoms with Gasteiger partial charge in [-0.1, -0.05) is 25.8 Å². The van der Waals surface area contributed by atoms with Gasteiger partial charge in [0.15, 0.2) is 11.4 Å². The molecule has 0 spiro atoms.